The van der Waals surface area contributed by atoms with Crippen molar-refractivity contribution >= 4 is 18.3 Å². The summed E-state index contributed by atoms with van der Waals surface area (Å²) in [4.78, 5) is 14.2. The molecule has 1 aliphatic heterocycles. The first-order valence-corrected chi connectivity index (χ1v) is 6.33. The smallest absolute Gasteiger partial charge is 0.225 e. The van der Waals surface area contributed by atoms with Crippen molar-refractivity contribution in [3.05, 3.63) is 0 Å². The molecule has 1 heterocycles. The van der Waals surface area contributed by atoms with Crippen molar-refractivity contribution in [1.29, 1.82) is 0 Å². The Hall–Kier alpha value is -0.320. The van der Waals surface area contributed by atoms with Crippen LogP contribution in [0, 0.1) is 5.92 Å². The maximum atomic E-state index is 12.3. The molecule has 4 nitrogen and oxygen atoms in total. The number of halogens is 1. The Morgan fingerprint density at radius 3 is 2.82 bits per heavy atom. The summed E-state index contributed by atoms with van der Waals surface area (Å²) in [6, 6.07) is 0.231. The Kier molecular flexibility index (Phi) is 5.70. The van der Waals surface area contributed by atoms with Crippen LogP contribution < -0.4 is 5.73 Å². The average Bonchev–Trinajstić information content (AvgIpc) is 2.56. The van der Waals surface area contributed by atoms with Gasteiger partial charge in [0.15, 0.2) is 0 Å². The van der Waals surface area contributed by atoms with Crippen molar-refractivity contribution < 1.29 is 9.53 Å². The second-order valence-corrected chi connectivity index (χ2v) is 5.09. The van der Waals surface area contributed by atoms with E-state index in [9.17, 15) is 4.79 Å². The number of ether oxygens (including phenoxy) is 1. The van der Waals surface area contributed by atoms with Crippen molar-refractivity contribution in [1.82, 2.24) is 4.90 Å². The molecule has 5 heteroatoms. The van der Waals surface area contributed by atoms with Crippen LogP contribution in [0.2, 0.25) is 0 Å². The second kappa shape index (κ2) is 6.57. The van der Waals surface area contributed by atoms with E-state index < -0.39 is 0 Å². The fourth-order valence-electron chi connectivity index (χ4n) is 2.69. The minimum absolute atomic E-state index is 0. The summed E-state index contributed by atoms with van der Waals surface area (Å²) in [5, 5.41) is 0. The molecule has 17 heavy (non-hydrogen) atoms. The van der Waals surface area contributed by atoms with Crippen LogP contribution in [-0.2, 0) is 9.53 Å². The van der Waals surface area contributed by atoms with Gasteiger partial charge in [0, 0.05) is 31.7 Å². The molecule has 2 N–H and O–H groups in total. The third-order valence-corrected chi connectivity index (χ3v) is 3.59. The lowest BCUT2D eigenvalue weighted by atomic mass is 10.1. The van der Waals surface area contributed by atoms with Gasteiger partial charge in [-0.1, -0.05) is 0 Å². The molecule has 2 aliphatic rings. The van der Waals surface area contributed by atoms with Crippen LogP contribution in [0.25, 0.3) is 0 Å². The van der Waals surface area contributed by atoms with Crippen LogP contribution in [0.5, 0.6) is 0 Å². The number of carbonyl (C=O) groups excluding carboxylic acids is 1. The van der Waals surface area contributed by atoms with Gasteiger partial charge in [-0.05, 0) is 32.6 Å². The van der Waals surface area contributed by atoms with Gasteiger partial charge in [-0.15, -0.1) is 12.4 Å². The Morgan fingerprint density at radius 1 is 1.41 bits per heavy atom. The highest BCUT2D eigenvalue weighted by Gasteiger charge is 2.32. The maximum absolute atomic E-state index is 12.3. The largest absolute Gasteiger partial charge is 0.377 e. The van der Waals surface area contributed by atoms with Crippen molar-refractivity contribution in [3.63, 3.8) is 0 Å². The zero-order valence-corrected chi connectivity index (χ0v) is 11.2. The van der Waals surface area contributed by atoms with E-state index in [2.05, 4.69) is 0 Å². The molecule has 0 aromatic heterocycles. The molecule has 2 rings (SSSR count). The summed E-state index contributed by atoms with van der Waals surface area (Å²) in [5.41, 5.74) is 5.86. The lowest BCUT2D eigenvalue weighted by Crippen LogP contribution is -2.39. The van der Waals surface area contributed by atoms with Gasteiger partial charge in [-0.3, -0.25) is 4.79 Å². The molecule has 1 saturated carbocycles. The van der Waals surface area contributed by atoms with Crippen LogP contribution in [0.4, 0.5) is 0 Å². The minimum atomic E-state index is 0. The Morgan fingerprint density at radius 2 is 2.18 bits per heavy atom. The molecule has 1 aliphatic carbocycles. The van der Waals surface area contributed by atoms with E-state index in [0.29, 0.717) is 5.91 Å². The van der Waals surface area contributed by atoms with E-state index >= 15 is 0 Å². The van der Waals surface area contributed by atoms with Gasteiger partial charge in [0.1, 0.15) is 0 Å². The van der Waals surface area contributed by atoms with Gasteiger partial charge in [0.05, 0.1) is 6.10 Å². The van der Waals surface area contributed by atoms with Gasteiger partial charge in [-0.25, -0.2) is 0 Å². The fraction of sp³-hybridized carbons (Fsp3) is 0.917. The van der Waals surface area contributed by atoms with Gasteiger partial charge in [-0.2, -0.15) is 0 Å². The molecule has 0 bridgehead atoms. The van der Waals surface area contributed by atoms with E-state index in [4.69, 9.17) is 10.5 Å². The van der Waals surface area contributed by atoms with Crippen LogP contribution in [-0.4, -0.2) is 42.6 Å². The monoisotopic (exact) mass is 262 g/mol. The van der Waals surface area contributed by atoms with E-state index in [1.165, 1.54) is 0 Å². The molecule has 2 fully saturated rings. The molecule has 0 aromatic carbocycles. The average molecular weight is 263 g/mol. The predicted molar refractivity (Wildman–Crippen MR) is 69.2 cm³/mol. The molecule has 0 radical (unpaired) electrons. The summed E-state index contributed by atoms with van der Waals surface area (Å²) in [5.74, 6) is 0.464. The molecule has 0 spiro atoms. The van der Waals surface area contributed by atoms with Crippen molar-refractivity contribution in [3.8, 4) is 0 Å². The SMILES string of the molecule is CC1CN(C(=O)C2CCC(N)C2)CCCO1.Cl. The van der Waals surface area contributed by atoms with Crippen LogP contribution in [0.15, 0.2) is 0 Å². The molecule has 1 saturated heterocycles. The normalized spacial score (nSPS) is 34.0. The first kappa shape index (κ1) is 14.7. The predicted octanol–water partition coefficient (Wildman–Crippen LogP) is 1.17. The number of hydrogen-bond donors (Lipinski definition) is 1. The third-order valence-electron chi connectivity index (χ3n) is 3.59. The lowest BCUT2D eigenvalue weighted by molar-refractivity contribution is -0.136. The zero-order valence-electron chi connectivity index (χ0n) is 10.4. The number of rotatable bonds is 1. The Balaban J connectivity index is 0.00000144. The summed E-state index contributed by atoms with van der Waals surface area (Å²) >= 11 is 0. The third kappa shape index (κ3) is 3.83. The zero-order chi connectivity index (χ0) is 11.5. The lowest BCUT2D eigenvalue weighted by Gasteiger charge is -2.25. The molecular weight excluding hydrogens is 240 g/mol. The first-order valence-electron chi connectivity index (χ1n) is 6.33. The summed E-state index contributed by atoms with van der Waals surface area (Å²) in [6.07, 6.45) is 3.95. The van der Waals surface area contributed by atoms with Crippen molar-refractivity contribution in [2.24, 2.45) is 11.7 Å². The number of carbonyl (C=O) groups is 1. The highest BCUT2D eigenvalue weighted by Crippen LogP contribution is 2.26. The van der Waals surface area contributed by atoms with Gasteiger partial charge in [0.2, 0.25) is 5.91 Å². The summed E-state index contributed by atoms with van der Waals surface area (Å²) in [6.45, 7) is 4.39. The second-order valence-electron chi connectivity index (χ2n) is 5.09. The quantitative estimate of drug-likeness (QED) is 0.772. The van der Waals surface area contributed by atoms with Crippen LogP contribution >= 0.6 is 12.4 Å². The molecule has 100 valence electrons. The minimum Gasteiger partial charge on any atom is -0.377 e. The van der Waals surface area contributed by atoms with E-state index in [-0.39, 0.29) is 30.5 Å². The molecule has 3 atom stereocenters. The highest BCUT2D eigenvalue weighted by atomic mass is 35.5. The van der Waals surface area contributed by atoms with Gasteiger partial charge < -0.3 is 15.4 Å². The van der Waals surface area contributed by atoms with Crippen molar-refractivity contribution in [2.45, 2.75) is 44.8 Å². The number of amides is 1. The summed E-state index contributed by atoms with van der Waals surface area (Å²) < 4.78 is 5.55. The van der Waals surface area contributed by atoms with E-state index in [0.717, 1.165) is 45.4 Å². The molecule has 1 amide bonds. The number of nitrogens with two attached hydrogens (primary N) is 1. The molecular formula is C12H23ClN2O2. The van der Waals surface area contributed by atoms with Crippen LogP contribution in [0.1, 0.15) is 32.6 Å². The number of nitrogens with zero attached hydrogens (tertiary/aromatic N) is 1. The topological polar surface area (TPSA) is 55.6 Å². The Labute approximate surface area is 109 Å². The fourth-order valence-corrected chi connectivity index (χ4v) is 2.69. The Bertz CT molecular complexity index is 263. The molecule has 3 unspecified atom stereocenters. The number of hydrogen-bond acceptors (Lipinski definition) is 3. The first-order chi connectivity index (χ1) is 7.66. The van der Waals surface area contributed by atoms with Crippen molar-refractivity contribution in [2.75, 3.05) is 19.7 Å². The van der Waals surface area contributed by atoms with E-state index in [1.54, 1.807) is 0 Å². The molecule has 0 aromatic rings. The maximum Gasteiger partial charge on any atom is 0.225 e. The highest BCUT2D eigenvalue weighted by molar-refractivity contribution is 5.85. The standard InChI is InChI=1S/C12H22N2O2.ClH/c1-9-8-14(5-2-6-16-9)12(15)10-3-4-11(13)7-10;/h9-11H,2-8,13H2,1H3;1H. The summed E-state index contributed by atoms with van der Waals surface area (Å²) in [7, 11) is 0. The van der Waals surface area contributed by atoms with Gasteiger partial charge in [0.25, 0.3) is 0 Å². The van der Waals surface area contributed by atoms with E-state index in [1.807, 2.05) is 11.8 Å². The van der Waals surface area contributed by atoms with Crippen LogP contribution in [0.3, 0.4) is 0 Å². The van der Waals surface area contributed by atoms with Gasteiger partial charge >= 0.3 is 0 Å².